The Kier molecular flexibility index (Phi) is 8.83. The van der Waals surface area contributed by atoms with Crippen molar-refractivity contribution in [2.45, 2.75) is 6.61 Å². The fraction of sp³-hybridized carbons (Fsp3) is 0.0625. The molecule has 0 aliphatic rings. The van der Waals surface area contributed by atoms with E-state index >= 15 is 0 Å². The van der Waals surface area contributed by atoms with E-state index in [1.807, 2.05) is 91.1 Å². The Morgan fingerprint density at radius 1 is 0.902 bits per heavy atom. The van der Waals surface area contributed by atoms with Gasteiger partial charge < -0.3 is 10.1 Å². The zero-order valence-corrected chi connectivity index (χ0v) is 22.7. The van der Waals surface area contributed by atoms with Gasteiger partial charge in [-0.05, 0) is 60.2 Å². The highest BCUT2D eigenvalue weighted by Crippen LogP contribution is 2.25. The SMILES string of the molecule is O=C(CNC(=O)c1cccc(Cl)c1)NN=Cc1cn(-c2ccccc2)nc1-c1ccc(OCc2ccccc2)cc1. The monoisotopic (exact) mass is 563 g/mol. The number of para-hydroxylation sites is 1. The lowest BCUT2D eigenvalue weighted by Crippen LogP contribution is -2.34. The molecule has 0 bridgehead atoms. The molecule has 9 heteroatoms. The lowest BCUT2D eigenvalue weighted by Gasteiger charge is -2.07. The smallest absolute Gasteiger partial charge is 0.259 e. The molecule has 204 valence electrons. The van der Waals surface area contributed by atoms with Crippen LogP contribution in [0.5, 0.6) is 5.75 Å². The van der Waals surface area contributed by atoms with E-state index in [1.54, 1.807) is 22.9 Å². The number of carbonyl (C=O) groups excluding carboxylic acids is 2. The molecule has 8 nitrogen and oxygen atoms in total. The number of hydrazone groups is 1. The predicted octanol–water partition coefficient (Wildman–Crippen LogP) is 5.65. The fourth-order valence-electron chi connectivity index (χ4n) is 3.97. The number of nitrogens with one attached hydrogen (secondary N) is 2. The predicted molar refractivity (Wildman–Crippen MR) is 159 cm³/mol. The number of halogens is 1. The van der Waals surface area contributed by atoms with Gasteiger partial charge >= 0.3 is 0 Å². The first kappa shape index (κ1) is 27.4. The molecule has 1 aromatic heterocycles. The molecule has 41 heavy (non-hydrogen) atoms. The van der Waals surface area contributed by atoms with Crippen molar-refractivity contribution in [1.29, 1.82) is 0 Å². The average molecular weight is 564 g/mol. The quantitative estimate of drug-likeness (QED) is 0.169. The molecule has 5 rings (SSSR count). The third-order valence-electron chi connectivity index (χ3n) is 6.03. The number of amides is 2. The second-order valence-corrected chi connectivity index (χ2v) is 9.43. The van der Waals surface area contributed by atoms with Gasteiger partial charge in [0.2, 0.25) is 0 Å². The van der Waals surface area contributed by atoms with E-state index < -0.39 is 11.8 Å². The van der Waals surface area contributed by atoms with E-state index in [0.29, 0.717) is 28.5 Å². The molecule has 0 spiro atoms. The Hall–Kier alpha value is -5.21. The van der Waals surface area contributed by atoms with Gasteiger partial charge in [0.1, 0.15) is 18.1 Å². The van der Waals surface area contributed by atoms with Gasteiger partial charge in [-0.25, -0.2) is 10.1 Å². The Labute approximate surface area is 242 Å². The number of aromatic nitrogens is 2. The van der Waals surface area contributed by atoms with Crippen molar-refractivity contribution in [2.75, 3.05) is 6.54 Å². The number of rotatable bonds is 10. The van der Waals surface area contributed by atoms with Gasteiger partial charge in [0.15, 0.2) is 0 Å². The summed E-state index contributed by atoms with van der Waals surface area (Å²) in [5.74, 6) is -0.148. The number of hydrogen-bond acceptors (Lipinski definition) is 5. The maximum Gasteiger partial charge on any atom is 0.259 e. The van der Waals surface area contributed by atoms with E-state index in [0.717, 1.165) is 22.6 Å². The van der Waals surface area contributed by atoms with Crippen LogP contribution < -0.4 is 15.5 Å². The van der Waals surface area contributed by atoms with Crippen LogP contribution in [0.1, 0.15) is 21.5 Å². The number of benzene rings is 4. The summed E-state index contributed by atoms with van der Waals surface area (Å²) in [4.78, 5) is 24.6. The highest BCUT2D eigenvalue weighted by molar-refractivity contribution is 6.31. The van der Waals surface area contributed by atoms with E-state index in [1.165, 1.54) is 12.3 Å². The van der Waals surface area contributed by atoms with Crippen molar-refractivity contribution < 1.29 is 14.3 Å². The minimum Gasteiger partial charge on any atom is -0.489 e. The Bertz CT molecular complexity index is 1650. The van der Waals surface area contributed by atoms with Crippen LogP contribution in [0.2, 0.25) is 5.02 Å². The van der Waals surface area contributed by atoms with Gasteiger partial charge in [-0.2, -0.15) is 10.2 Å². The molecule has 0 unspecified atom stereocenters. The molecular formula is C32H26ClN5O3. The molecule has 2 N–H and O–H groups in total. The van der Waals surface area contributed by atoms with Gasteiger partial charge in [-0.3, -0.25) is 9.59 Å². The second kappa shape index (κ2) is 13.2. The maximum absolute atomic E-state index is 12.3. The maximum atomic E-state index is 12.3. The summed E-state index contributed by atoms with van der Waals surface area (Å²) in [5.41, 5.74) is 7.00. The minimum atomic E-state index is -0.478. The molecule has 0 atom stereocenters. The standard InChI is InChI=1S/C32H26ClN5O3/c33-27-11-7-10-25(18-27)32(40)34-20-30(39)36-35-19-26-21-38(28-12-5-2-6-13-28)37-31(26)24-14-16-29(17-15-24)41-22-23-8-3-1-4-9-23/h1-19,21H,20,22H2,(H,34,40)(H,36,39). The molecule has 4 aromatic carbocycles. The molecule has 0 radical (unpaired) electrons. The normalized spacial score (nSPS) is 10.9. The van der Waals surface area contributed by atoms with Crippen molar-refractivity contribution >= 4 is 29.6 Å². The molecule has 0 aliphatic heterocycles. The Morgan fingerprint density at radius 3 is 2.37 bits per heavy atom. The summed E-state index contributed by atoms with van der Waals surface area (Å²) in [5, 5.41) is 11.9. The first-order chi connectivity index (χ1) is 20.0. The zero-order chi connectivity index (χ0) is 28.4. The van der Waals surface area contributed by atoms with E-state index in [-0.39, 0.29) is 6.54 Å². The van der Waals surface area contributed by atoms with E-state index in [2.05, 4.69) is 15.8 Å². The zero-order valence-electron chi connectivity index (χ0n) is 21.9. The van der Waals surface area contributed by atoms with E-state index in [4.69, 9.17) is 21.4 Å². The molecule has 0 aliphatic carbocycles. The lowest BCUT2D eigenvalue weighted by molar-refractivity contribution is -0.120. The largest absolute Gasteiger partial charge is 0.489 e. The molecule has 0 saturated heterocycles. The van der Waals surface area contributed by atoms with Gasteiger partial charge in [-0.15, -0.1) is 0 Å². The van der Waals surface area contributed by atoms with Crippen molar-refractivity contribution in [3.05, 3.63) is 137 Å². The lowest BCUT2D eigenvalue weighted by atomic mass is 10.1. The molecule has 0 fully saturated rings. The summed E-state index contributed by atoms with van der Waals surface area (Å²) in [7, 11) is 0. The van der Waals surface area contributed by atoms with E-state index in [9.17, 15) is 9.59 Å². The summed E-state index contributed by atoms with van der Waals surface area (Å²) < 4.78 is 7.67. The topological polar surface area (TPSA) is 97.6 Å². The van der Waals surface area contributed by atoms with Gasteiger partial charge in [-0.1, -0.05) is 66.2 Å². The van der Waals surface area contributed by atoms with Crippen LogP contribution in [0.15, 0.2) is 120 Å². The number of hydrogen-bond donors (Lipinski definition) is 2. The first-order valence-corrected chi connectivity index (χ1v) is 13.2. The summed E-state index contributed by atoms with van der Waals surface area (Å²) in [6.45, 7) is 0.225. The molecule has 0 saturated carbocycles. The van der Waals surface area contributed by atoms with Crippen molar-refractivity contribution in [1.82, 2.24) is 20.5 Å². The van der Waals surface area contributed by atoms with Crippen molar-refractivity contribution in [3.63, 3.8) is 0 Å². The van der Waals surface area contributed by atoms with Gasteiger partial charge in [0.25, 0.3) is 11.8 Å². The molecular weight excluding hydrogens is 538 g/mol. The molecule has 5 aromatic rings. The van der Waals surface area contributed by atoms with Crippen molar-refractivity contribution in [3.8, 4) is 22.7 Å². The van der Waals surface area contributed by atoms with Gasteiger partial charge in [0, 0.05) is 27.9 Å². The summed E-state index contributed by atoms with van der Waals surface area (Å²) in [6, 6.07) is 33.8. The van der Waals surface area contributed by atoms with Crippen LogP contribution in [0.25, 0.3) is 16.9 Å². The second-order valence-electron chi connectivity index (χ2n) is 9.00. The Morgan fingerprint density at radius 2 is 1.63 bits per heavy atom. The van der Waals surface area contributed by atoms with Crippen LogP contribution in [-0.2, 0) is 11.4 Å². The first-order valence-electron chi connectivity index (χ1n) is 12.8. The number of carbonyl (C=O) groups is 2. The summed E-state index contributed by atoms with van der Waals surface area (Å²) >= 11 is 5.93. The van der Waals surface area contributed by atoms with Crippen LogP contribution in [0.4, 0.5) is 0 Å². The molecule has 1 heterocycles. The van der Waals surface area contributed by atoms with Crippen LogP contribution in [0, 0.1) is 0 Å². The number of nitrogens with zero attached hydrogens (tertiary/aromatic N) is 3. The average Bonchev–Trinajstić information content (AvgIpc) is 3.44. The minimum absolute atomic E-state index is 0.247. The molecule has 2 amide bonds. The highest BCUT2D eigenvalue weighted by Gasteiger charge is 2.12. The highest BCUT2D eigenvalue weighted by atomic mass is 35.5. The third kappa shape index (κ3) is 7.46. The van der Waals surface area contributed by atoms with Crippen molar-refractivity contribution in [2.24, 2.45) is 5.10 Å². The fourth-order valence-corrected chi connectivity index (χ4v) is 4.16. The van der Waals surface area contributed by atoms with Crippen LogP contribution in [0.3, 0.4) is 0 Å². The Balaban J connectivity index is 1.27. The van der Waals surface area contributed by atoms with Crippen LogP contribution in [-0.4, -0.2) is 34.4 Å². The van der Waals surface area contributed by atoms with Gasteiger partial charge in [0.05, 0.1) is 18.4 Å². The third-order valence-corrected chi connectivity index (χ3v) is 6.26. The van der Waals surface area contributed by atoms with Crippen LogP contribution >= 0.6 is 11.6 Å². The number of ether oxygens (including phenoxy) is 1. The summed E-state index contributed by atoms with van der Waals surface area (Å²) in [6.07, 6.45) is 3.36.